The highest BCUT2D eigenvalue weighted by Gasteiger charge is 2.34. The van der Waals surface area contributed by atoms with Crippen molar-refractivity contribution in [2.45, 2.75) is 96.7 Å². The van der Waals surface area contributed by atoms with Crippen LogP contribution in [0.5, 0.6) is 0 Å². The fourth-order valence-corrected chi connectivity index (χ4v) is 2.47. The number of carboxylic acid groups (broad SMARTS) is 1. The van der Waals surface area contributed by atoms with E-state index >= 15 is 0 Å². The monoisotopic (exact) mass is 316 g/mol. The van der Waals surface area contributed by atoms with Crippen LogP contribution in [0.2, 0.25) is 0 Å². The summed E-state index contributed by atoms with van der Waals surface area (Å²) in [6.07, 6.45) is 9.34. The van der Waals surface area contributed by atoms with E-state index in [0.29, 0.717) is 6.42 Å². The molecule has 0 fully saturated rings. The van der Waals surface area contributed by atoms with Crippen LogP contribution in [-0.2, 0) is 14.3 Å². The van der Waals surface area contributed by atoms with E-state index in [4.69, 9.17) is 9.84 Å². The van der Waals surface area contributed by atoms with Crippen LogP contribution in [0.25, 0.3) is 0 Å². The van der Waals surface area contributed by atoms with Crippen molar-refractivity contribution < 1.29 is 24.5 Å². The van der Waals surface area contributed by atoms with Gasteiger partial charge in [-0.1, -0.05) is 51.9 Å². The number of aliphatic hydroxyl groups is 1. The molecule has 130 valence electrons. The van der Waals surface area contributed by atoms with Crippen LogP contribution in [0.4, 0.5) is 0 Å². The Morgan fingerprint density at radius 2 is 1.55 bits per heavy atom. The minimum atomic E-state index is -1.86. The Balaban J connectivity index is 4.01. The number of ether oxygens (including phenoxy) is 1. The molecular formula is C17H32O5. The molecule has 2 N–H and O–H groups in total. The van der Waals surface area contributed by atoms with Gasteiger partial charge in [-0.2, -0.15) is 0 Å². The summed E-state index contributed by atoms with van der Waals surface area (Å²) in [6.45, 7) is 4.73. The van der Waals surface area contributed by atoms with Gasteiger partial charge in [-0.25, -0.2) is 4.79 Å². The normalized spacial score (nSPS) is 15.1. The molecule has 0 saturated carbocycles. The third kappa shape index (κ3) is 10.6. The Morgan fingerprint density at radius 1 is 1.05 bits per heavy atom. The highest BCUT2D eigenvalue weighted by atomic mass is 16.5. The molecule has 0 aliphatic rings. The molecule has 0 aromatic carbocycles. The second kappa shape index (κ2) is 11.5. The summed E-state index contributed by atoms with van der Waals surface area (Å²) >= 11 is 0. The lowest BCUT2D eigenvalue weighted by molar-refractivity contribution is -0.164. The topological polar surface area (TPSA) is 83.8 Å². The van der Waals surface area contributed by atoms with Crippen molar-refractivity contribution in [2.24, 2.45) is 0 Å². The van der Waals surface area contributed by atoms with Crippen molar-refractivity contribution in [1.82, 2.24) is 0 Å². The van der Waals surface area contributed by atoms with Crippen molar-refractivity contribution in [3.8, 4) is 0 Å². The van der Waals surface area contributed by atoms with Crippen LogP contribution >= 0.6 is 0 Å². The van der Waals surface area contributed by atoms with E-state index in [2.05, 4.69) is 6.92 Å². The molecule has 2 atom stereocenters. The Hall–Kier alpha value is -1.10. The summed E-state index contributed by atoms with van der Waals surface area (Å²) in [6, 6.07) is 0. The first-order valence-electron chi connectivity index (χ1n) is 8.42. The predicted molar refractivity (Wildman–Crippen MR) is 85.7 cm³/mol. The zero-order chi connectivity index (χ0) is 17.0. The van der Waals surface area contributed by atoms with Crippen LogP contribution in [-0.4, -0.2) is 33.9 Å². The molecule has 0 aliphatic carbocycles. The number of carboxylic acids is 1. The van der Waals surface area contributed by atoms with E-state index in [-0.39, 0.29) is 6.42 Å². The lowest BCUT2D eigenvalue weighted by Crippen LogP contribution is -2.39. The maximum Gasteiger partial charge on any atom is 0.335 e. The van der Waals surface area contributed by atoms with Crippen molar-refractivity contribution in [2.75, 3.05) is 0 Å². The van der Waals surface area contributed by atoms with Crippen LogP contribution in [0.1, 0.15) is 85.0 Å². The SMILES string of the molecule is CCCCCCCCCC[C@@H](CC(C)(O)C(=O)O)OC(C)=O. The van der Waals surface area contributed by atoms with E-state index in [1.807, 2.05) is 0 Å². The summed E-state index contributed by atoms with van der Waals surface area (Å²) in [5, 5.41) is 18.8. The smallest absolute Gasteiger partial charge is 0.335 e. The van der Waals surface area contributed by atoms with E-state index in [0.717, 1.165) is 19.3 Å². The predicted octanol–water partition coefficient (Wildman–Crippen LogP) is 3.67. The molecule has 0 aromatic rings. The number of carbonyl (C=O) groups is 2. The number of hydrogen-bond donors (Lipinski definition) is 2. The third-order valence-electron chi connectivity index (χ3n) is 3.80. The van der Waals surface area contributed by atoms with Gasteiger partial charge >= 0.3 is 11.9 Å². The summed E-state index contributed by atoms with van der Waals surface area (Å²) in [7, 11) is 0. The largest absolute Gasteiger partial charge is 0.479 e. The molecule has 0 saturated heterocycles. The number of unbranched alkanes of at least 4 members (excludes halogenated alkanes) is 7. The first-order valence-corrected chi connectivity index (χ1v) is 8.42. The van der Waals surface area contributed by atoms with Crippen molar-refractivity contribution in [3.05, 3.63) is 0 Å². The van der Waals surface area contributed by atoms with Crippen LogP contribution in [0, 0.1) is 0 Å². The van der Waals surface area contributed by atoms with E-state index in [1.165, 1.54) is 46.0 Å². The zero-order valence-electron chi connectivity index (χ0n) is 14.3. The quantitative estimate of drug-likeness (QED) is 0.400. The second-order valence-electron chi connectivity index (χ2n) is 6.28. The Morgan fingerprint density at radius 3 is 2.00 bits per heavy atom. The number of rotatable bonds is 13. The van der Waals surface area contributed by atoms with Gasteiger partial charge in [0.2, 0.25) is 0 Å². The zero-order valence-corrected chi connectivity index (χ0v) is 14.3. The number of esters is 1. The van der Waals surface area contributed by atoms with Crippen molar-refractivity contribution in [1.29, 1.82) is 0 Å². The molecule has 0 amide bonds. The minimum Gasteiger partial charge on any atom is -0.479 e. The second-order valence-corrected chi connectivity index (χ2v) is 6.28. The fraction of sp³-hybridized carbons (Fsp3) is 0.882. The first kappa shape index (κ1) is 20.9. The molecular weight excluding hydrogens is 284 g/mol. The summed E-state index contributed by atoms with van der Waals surface area (Å²) in [5.41, 5.74) is -1.86. The number of aliphatic carboxylic acids is 1. The molecule has 5 heteroatoms. The maximum atomic E-state index is 11.1. The minimum absolute atomic E-state index is 0.0710. The van der Waals surface area contributed by atoms with Gasteiger partial charge in [0.05, 0.1) is 0 Å². The molecule has 0 aliphatic heterocycles. The third-order valence-corrected chi connectivity index (χ3v) is 3.80. The molecule has 0 rings (SSSR count). The van der Waals surface area contributed by atoms with Gasteiger partial charge in [-0.15, -0.1) is 0 Å². The van der Waals surface area contributed by atoms with E-state index < -0.39 is 23.6 Å². The van der Waals surface area contributed by atoms with Crippen LogP contribution in [0.3, 0.4) is 0 Å². The van der Waals surface area contributed by atoms with Crippen molar-refractivity contribution in [3.63, 3.8) is 0 Å². The molecule has 0 heterocycles. The highest BCUT2D eigenvalue weighted by Crippen LogP contribution is 2.20. The summed E-state index contributed by atoms with van der Waals surface area (Å²) in [4.78, 5) is 22.0. The van der Waals surface area contributed by atoms with Gasteiger partial charge in [0.1, 0.15) is 6.10 Å². The van der Waals surface area contributed by atoms with Crippen LogP contribution in [0.15, 0.2) is 0 Å². The molecule has 0 bridgehead atoms. The lowest BCUT2D eigenvalue weighted by atomic mass is 9.95. The number of hydrogen-bond acceptors (Lipinski definition) is 4. The summed E-state index contributed by atoms with van der Waals surface area (Å²) < 4.78 is 5.13. The van der Waals surface area contributed by atoms with Gasteiger partial charge in [0.25, 0.3) is 0 Å². The average Bonchev–Trinajstić information content (AvgIpc) is 2.40. The van der Waals surface area contributed by atoms with Gasteiger partial charge in [-0.05, 0) is 19.8 Å². The van der Waals surface area contributed by atoms with Gasteiger partial charge in [0, 0.05) is 13.3 Å². The maximum absolute atomic E-state index is 11.1. The molecule has 5 nitrogen and oxygen atoms in total. The molecule has 22 heavy (non-hydrogen) atoms. The van der Waals surface area contributed by atoms with Crippen LogP contribution < -0.4 is 0 Å². The fourth-order valence-electron chi connectivity index (χ4n) is 2.47. The molecule has 0 radical (unpaired) electrons. The lowest BCUT2D eigenvalue weighted by Gasteiger charge is -2.24. The standard InChI is InChI=1S/C17H32O5/c1-4-5-6-7-8-9-10-11-12-15(22-14(2)18)13-17(3,21)16(19)20/h15,21H,4-13H2,1-3H3,(H,19,20)/t15-,17?/m0/s1. The highest BCUT2D eigenvalue weighted by molar-refractivity contribution is 5.76. The molecule has 0 aromatic heterocycles. The van der Waals surface area contributed by atoms with Gasteiger partial charge < -0.3 is 14.9 Å². The van der Waals surface area contributed by atoms with Gasteiger partial charge in [0.15, 0.2) is 5.60 Å². The number of carbonyl (C=O) groups excluding carboxylic acids is 1. The molecule has 1 unspecified atom stereocenters. The summed E-state index contributed by atoms with van der Waals surface area (Å²) in [5.74, 6) is -1.73. The van der Waals surface area contributed by atoms with Gasteiger partial charge in [-0.3, -0.25) is 4.79 Å². The average molecular weight is 316 g/mol. The Bertz CT molecular complexity index is 325. The first-order chi connectivity index (χ1) is 10.3. The van der Waals surface area contributed by atoms with Crippen molar-refractivity contribution >= 4 is 11.9 Å². The Labute approximate surface area is 134 Å². The van der Waals surface area contributed by atoms with E-state index in [9.17, 15) is 14.7 Å². The Kier molecular flexibility index (Phi) is 10.9. The molecule has 0 spiro atoms. The van der Waals surface area contributed by atoms with E-state index in [1.54, 1.807) is 0 Å².